The van der Waals surface area contributed by atoms with Gasteiger partial charge < -0.3 is 0 Å². The molecule has 0 fully saturated rings. The normalized spacial score (nSPS) is 26.9. The average molecular weight is 499 g/mol. The molecule has 10 rings (SSSR count). The summed E-state index contributed by atoms with van der Waals surface area (Å²) in [6, 6.07) is 33.5. The molecule has 0 saturated carbocycles. The third-order valence-electron chi connectivity index (χ3n) is 9.42. The molecule has 186 valence electrons. The van der Waals surface area contributed by atoms with Crippen molar-refractivity contribution < 1.29 is 19.4 Å². The topological polar surface area (TPSA) is 52.6 Å². The predicted molar refractivity (Wildman–Crippen MR) is 142 cm³/mol. The SMILES string of the molecule is O=C(OOC(=O)[C@@H]1CC2c3ccccc3C1c1ccccc12)[C@H]1CC2c3ccccc3C1c1ccccc12. The molecule has 6 aliphatic rings. The highest BCUT2D eigenvalue weighted by molar-refractivity contribution is 5.81. The van der Waals surface area contributed by atoms with Gasteiger partial charge in [0, 0.05) is 23.7 Å². The van der Waals surface area contributed by atoms with E-state index in [1.165, 1.54) is 44.5 Å². The predicted octanol–water partition coefficient (Wildman–Crippen LogP) is 6.58. The van der Waals surface area contributed by atoms with Crippen LogP contribution in [0, 0.1) is 11.8 Å². The summed E-state index contributed by atoms with van der Waals surface area (Å²) in [4.78, 5) is 37.7. The second-order valence-electron chi connectivity index (χ2n) is 11.1. The first-order valence-electron chi connectivity index (χ1n) is 13.5. The van der Waals surface area contributed by atoms with Crippen LogP contribution in [0.2, 0.25) is 0 Å². The quantitative estimate of drug-likeness (QED) is 0.231. The third-order valence-corrected chi connectivity index (χ3v) is 9.42. The lowest BCUT2D eigenvalue weighted by molar-refractivity contribution is -0.266. The van der Waals surface area contributed by atoms with Gasteiger partial charge in [-0.15, -0.1) is 0 Å². The van der Waals surface area contributed by atoms with E-state index >= 15 is 0 Å². The first-order valence-corrected chi connectivity index (χ1v) is 13.5. The summed E-state index contributed by atoms with van der Waals surface area (Å²) in [6.07, 6.45) is 1.31. The van der Waals surface area contributed by atoms with E-state index in [4.69, 9.17) is 9.78 Å². The molecule has 4 nitrogen and oxygen atoms in total. The van der Waals surface area contributed by atoms with Gasteiger partial charge in [-0.1, -0.05) is 97.1 Å². The number of fused-ring (bicyclic) bond motifs is 2. The molecule has 0 aliphatic heterocycles. The van der Waals surface area contributed by atoms with E-state index in [1.54, 1.807) is 0 Å². The van der Waals surface area contributed by atoms with Crippen LogP contribution in [0.3, 0.4) is 0 Å². The van der Waals surface area contributed by atoms with Crippen molar-refractivity contribution in [3.05, 3.63) is 142 Å². The molecule has 38 heavy (non-hydrogen) atoms. The van der Waals surface area contributed by atoms with E-state index in [0.717, 1.165) is 0 Å². The van der Waals surface area contributed by atoms with Gasteiger partial charge in [0.1, 0.15) is 0 Å². The summed E-state index contributed by atoms with van der Waals surface area (Å²) in [5.41, 5.74) is 9.84. The number of hydrogen-bond acceptors (Lipinski definition) is 4. The molecule has 6 aliphatic carbocycles. The van der Waals surface area contributed by atoms with E-state index in [2.05, 4.69) is 72.8 Å². The number of hydrogen-bond donors (Lipinski definition) is 0. The molecule has 2 atom stereocenters. The van der Waals surface area contributed by atoms with Gasteiger partial charge in [-0.3, -0.25) is 0 Å². The van der Waals surface area contributed by atoms with Crippen LogP contribution in [-0.2, 0) is 19.4 Å². The first kappa shape index (κ1) is 21.9. The molecule has 0 saturated heterocycles. The minimum absolute atomic E-state index is 0.0944. The van der Waals surface area contributed by atoms with Gasteiger partial charge >= 0.3 is 11.9 Å². The molecule has 4 heteroatoms. The van der Waals surface area contributed by atoms with E-state index in [1.807, 2.05) is 24.3 Å². The summed E-state index contributed by atoms with van der Waals surface area (Å²) in [7, 11) is 0. The third kappa shape index (κ3) is 2.97. The van der Waals surface area contributed by atoms with Crippen LogP contribution in [0.4, 0.5) is 0 Å². The lowest BCUT2D eigenvalue weighted by atomic mass is 9.59. The molecule has 0 aromatic heterocycles. The molecule has 0 amide bonds. The number of carbonyl (C=O) groups excluding carboxylic acids is 2. The Kier molecular flexibility index (Phi) is 4.69. The Morgan fingerprint density at radius 3 is 1.00 bits per heavy atom. The minimum atomic E-state index is -0.459. The van der Waals surface area contributed by atoms with E-state index in [0.29, 0.717) is 12.8 Å². The van der Waals surface area contributed by atoms with Crippen LogP contribution in [0.5, 0.6) is 0 Å². The van der Waals surface area contributed by atoms with Crippen molar-refractivity contribution in [1.29, 1.82) is 0 Å². The van der Waals surface area contributed by atoms with Gasteiger partial charge in [-0.2, -0.15) is 0 Å². The number of benzene rings is 4. The molecule has 0 radical (unpaired) electrons. The van der Waals surface area contributed by atoms with Crippen molar-refractivity contribution in [3.8, 4) is 0 Å². The maximum Gasteiger partial charge on any atom is 0.359 e. The number of rotatable bonds is 2. The first-order chi connectivity index (χ1) is 18.7. The Labute approximate surface area is 221 Å². The van der Waals surface area contributed by atoms with Crippen LogP contribution < -0.4 is 0 Å². The summed E-state index contributed by atoms with van der Waals surface area (Å²) in [5.74, 6) is -1.60. The van der Waals surface area contributed by atoms with Gasteiger partial charge in [0.2, 0.25) is 0 Å². The molecular weight excluding hydrogens is 472 g/mol. The zero-order valence-corrected chi connectivity index (χ0v) is 20.7. The summed E-state index contributed by atoms with van der Waals surface area (Å²) >= 11 is 0. The van der Waals surface area contributed by atoms with Gasteiger partial charge in [0.05, 0.1) is 11.8 Å². The maximum atomic E-state index is 13.5. The highest BCUT2D eigenvalue weighted by atomic mass is 17.2. The van der Waals surface area contributed by atoms with Crippen molar-refractivity contribution >= 4 is 11.9 Å². The van der Waals surface area contributed by atoms with Crippen LogP contribution in [0.15, 0.2) is 97.1 Å². The van der Waals surface area contributed by atoms with Gasteiger partial charge in [0.25, 0.3) is 0 Å². The van der Waals surface area contributed by atoms with E-state index in [-0.39, 0.29) is 35.5 Å². The van der Waals surface area contributed by atoms with Crippen LogP contribution in [0.1, 0.15) is 81.0 Å². The lowest BCUT2D eigenvalue weighted by Crippen LogP contribution is -2.39. The van der Waals surface area contributed by atoms with Crippen molar-refractivity contribution in [2.24, 2.45) is 11.8 Å². The Hall–Kier alpha value is -4.18. The van der Waals surface area contributed by atoms with Crippen molar-refractivity contribution in [1.82, 2.24) is 0 Å². The molecule has 4 bridgehead atoms. The second kappa shape index (κ2) is 8.16. The Morgan fingerprint density at radius 2 is 0.711 bits per heavy atom. The molecule has 0 N–H and O–H groups in total. The largest absolute Gasteiger partial charge is 0.359 e. The van der Waals surface area contributed by atoms with Gasteiger partial charge in [0.15, 0.2) is 0 Å². The second-order valence-corrected chi connectivity index (χ2v) is 11.1. The zero-order chi connectivity index (χ0) is 25.4. The fourth-order valence-corrected chi connectivity index (χ4v) is 7.94. The standard InChI is InChI=1S/C34H26O4/c35-33(29-17-27-19-9-1-5-13-23(19)31(29)24-14-6-2-10-20(24)27)37-38-34(36)30-18-28-21-11-3-7-15-25(21)32(30)26-16-8-4-12-22(26)28/h1-16,27-32H,17-18H2/t27?,28?,29-,30+,31?,32?. The monoisotopic (exact) mass is 498 g/mol. The zero-order valence-electron chi connectivity index (χ0n) is 20.7. The Balaban J connectivity index is 1.06. The molecule has 0 unspecified atom stereocenters. The summed E-state index contributed by atoms with van der Waals surface area (Å²) in [5, 5.41) is 0. The average Bonchev–Trinajstić information content (AvgIpc) is 2.99. The molecule has 0 spiro atoms. The summed E-state index contributed by atoms with van der Waals surface area (Å²) < 4.78 is 0. The Morgan fingerprint density at radius 1 is 0.447 bits per heavy atom. The van der Waals surface area contributed by atoms with Crippen LogP contribution in [0.25, 0.3) is 0 Å². The van der Waals surface area contributed by atoms with Crippen LogP contribution in [-0.4, -0.2) is 11.9 Å². The Bertz CT molecular complexity index is 1400. The molecular formula is C34H26O4. The van der Waals surface area contributed by atoms with Crippen molar-refractivity contribution in [3.63, 3.8) is 0 Å². The maximum absolute atomic E-state index is 13.5. The number of carbonyl (C=O) groups is 2. The van der Waals surface area contributed by atoms with Crippen molar-refractivity contribution in [2.75, 3.05) is 0 Å². The van der Waals surface area contributed by atoms with E-state index < -0.39 is 11.9 Å². The highest BCUT2D eigenvalue weighted by Gasteiger charge is 2.49. The minimum Gasteiger partial charge on any atom is -0.247 e. The summed E-state index contributed by atoms with van der Waals surface area (Å²) in [6.45, 7) is 0. The smallest absolute Gasteiger partial charge is 0.247 e. The fraction of sp³-hybridized carbons (Fsp3) is 0.235. The fourth-order valence-electron chi connectivity index (χ4n) is 7.94. The van der Waals surface area contributed by atoms with Crippen molar-refractivity contribution in [2.45, 2.75) is 36.5 Å². The molecule has 4 aromatic rings. The molecule has 4 aromatic carbocycles. The highest BCUT2D eigenvalue weighted by Crippen LogP contribution is 2.57. The van der Waals surface area contributed by atoms with Gasteiger partial charge in [-0.05, 0) is 57.3 Å². The van der Waals surface area contributed by atoms with Gasteiger partial charge in [-0.25, -0.2) is 19.4 Å². The lowest BCUT2D eigenvalue weighted by Gasteiger charge is -2.44. The van der Waals surface area contributed by atoms with Crippen LogP contribution >= 0.6 is 0 Å². The molecule has 0 heterocycles. The van der Waals surface area contributed by atoms with E-state index in [9.17, 15) is 9.59 Å².